The Kier molecular flexibility index (Phi) is 8.92. The van der Waals surface area contributed by atoms with Gasteiger partial charge in [-0.3, -0.25) is 4.90 Å². The fraction of sp³-hybridized carbons (Fsp3) is 0.467. The van der Waals surface area contributed by atoms with Crippen LogP contribution in [0.1, 0.15) is 35.5 Å². The first kappa shape index (κ1) is 28.1. The molecule has 0 unspecified atom stereocenters. The lowest BCUT2D eigenvalue weighted by Gasteiger charge is -2.41. The molecule has 7 nitrogen and oxygen atoms in total. The largest absolute Gasteiger partial charge is 0.496 e. The molecule has 3 aromatic rings. The molecule has 0 spiro atoms. The topological polar surface area (TPSA) is 70.6 Å². The van der Waals surface area contributed by atoms with Crippen molar-refractivity contribution in [3.8, 4) is 5.75 Å². The number of nitrogens with zero attached hydrogens (tertiary/aromatic N) is 4. The van der Waals surface area contributed by atoms with Gasteiger partial charge in [-0.15, -0.1) is 0 Å². The van der Waals surface area contributed by atoms with Crippen molar-refractivity contribution in [1.29, 1.82) is 0 Å². The van der Waals surface area contributed by atoms with Crippen molar-refractivity contribution in [2.24, 2.45) is 0 Å². The van der Waals surface area contributed by atoms with E-state index >= 15 is 0 Å². The minimum atomic E-state index is -2.42. The van der Waals surface area contributed by atoms with Crippen LogP contribution in [0.3, 0.4) is 0 Å². The Bertz CT molecular complexity index is 1330. The van der Waals surface area contributed by atoms with E-state index in [2.05, 4.69) is 38.3 Å². The average molecular weight is 568 g/mol. The molecule has 2 aliphatic heterocycles. The summed E-state index contributed by atoms with van der Waals surface area (Å²) in [4.78, 5) is 14.5. The summed E-state index contributed by atoms with van der Waals surface area (Å²) < 4.78 is 18.6. The number of nitrogens with one attached hydrogen (secondary N) is 1. The SMILES string of the molecule is COc1cc(N2CCC(N3CCNCC3)CC2)ccc1Cc1ncc(Cl)c(Cc2ccccc2P(C)(C)=O)n1. The van der Waals surface area contributed by atoms with Crippen molar-refractivity contribution in [3.63, 3.8) is 0 Å². The molecule has 0 radical (unpaired) electrons. The predicted molar refractivity (Wildman–Crippen MR) is 161 cm³/mol. The summed E-state index contributed by atoms with van der Waals surface area (Å²) in [5.74, 6) is 1.53. The monoisotopic (exact) mass is 567 g/mol. The molecule has 1 N–H and O–H groups in total. The fourth-order valence-corrected chi connectivity index (χ4v) is 7.25. The number of piperazine rings is 1. The van der Waals surface area contributed by atoms with E-state index in [4.69, 9.17) is 21.3 Å². The van der Waals surface area contributed by atoms with Crippen molar-refractivity contribution in [3.05, 3.63) is 76.3 Å². The summed E-state index contributed by atoms with van der Waals surface area (Å²) >= 11 is 6.51. The van der Waals surface area contributed by atoms with Gasteiger partial charge in [-0.2, -0.15) is 0 Å². The molecule has 0 atom stereocenters. The Morgan fingerprint density at radius 2 is 1.77 bits per heavy atom. The average Bonchev–Trinajstić information content (AvgIpc) is 2.95. The maximum absolute atomic E-state index is 12.8. The lowest BCUT2D eigenvalue weighted by Crippen LogP contribution is -2.52. The number of benzene rings is 2. The van der Waals surface area contributed by atoms with E-state index in [0.29, 0.717) is 29.7 Å². The molecule has 0 saturated carbocycles. The van der Waals surface area contributed by atoms with E-state index in [0.717, 1.165) is 67.1 Å². The lowest BCUT2D eigenvalue weighted by molar-refractivity contribution is 0.150. The van der Waals surface area contributed by atoms with Crippen LogP contribution in [0, 0.1) is 0 Å². The van der Waals surface area contributed by atoms with Gasteiger partial charge in [0.25, 0.3) is 0 Å². The van der Waals surface area contributed by atoms with Gasteiger partial charge < -0.3 is 19.5 Å². The minimum absolute atomic E-state index is 0.510. The number of piperidine rings is 1. The highest BCUT2D eigenvalue weighted by Crippen LogP contribution is 2.36. The van der Waals surface area contributed by atoms with Gasteiger partial charge in [0.2, 0.25) is 0 Å². The van der Waals surface area contributed by atoms with Gasteiger partial charge in [0.15, 0.2) is 0 Å². The lowest BCUT2D eigenvalue weighted by atomic mass is 10.0. The fourth-order valence-electron chi connectivity index (χ4n) is 5.80. The maximum Gasteiger partial charge on any atom is 0.133 e. The van der Waals surface area contributed by atoms with Gasteiger partial charge >= 0.3 is 0 Å². The molecule has 0 amide bonds. The van der Waals surface area contributed by atoms with Crippen LogP contribution in [0.2, 0.25) is 5.02 Å². The molecule has 5 rings (SSSR count). The van der Waals surface area contributed by atoms with Crippen molar-refractivity contribution in [2.45, 2.75) is 31.7 Å². The maximum atomic E-state index is 12.8. The molecule has 2 aromatic carbocycles. The number of methoxy groups -OCH3 is 1. The van der Waals surface area contributed by atoms with Gasteiger partial charge in [0.05, 0.1) is 17.8 Å². The second-order valence-electron chi connectivity index (χ2n) is 10.9. The van der Waals surface area contributed by atoms with E-state index in [9.17, 15) is 4.57 Å². The molecule has 9 heteroatoms. The van der Waals surface area contributed by atoms with E-state index in [-0.39, 0.29) is 0 Å². The zero-order valence-electron chi connectivity index (χ0n) is 23.2. The summed E-state index contributed by atoms with van der Waals surface area (Å²) in [7, 11) is -0.704. The molecule has 0 bridgehead atoms. The normalized spacial score (nSPS) is 17.4. The van der Waals surface area contributed by atoms with Crippen LogP contribution >= 0.6 is 18.7 Å². The molecular formula is C30H39ClN5O2P. The van der Waals surface area contributed by atoms with Crippen LogP contribution in [-0.2, 0) is 17.4 Å². The third-order valence-electron chi connectivity index (χ3n) is 7.91. The summed E-state index contributed by atoms with van der Waals surface area (Å²) in [5.41, 5.74) is 3.97. The van der Waals surface area contributed by atoms with Crippen LogP contribution in [0.4, 0.5) is 5.69 Å². The molecule has 0 aliphatic carbocycles. The van der Waals surface area contributed by atoms with Crippen LogP contribution in [0.5, 0.6) is 5.75 Å². The molecule has 39 heavy (non-hydrogen) atoms. The van der Waals surface area contributed by atoms with Gasteiger partial charge in [0, 0.05) is 87.0 Å². The second-order valence-corrected chi connectivity index (χ2v) is 14.5. The molecule has 2 saturated heterocycles. The van der Waals surface area contributed by atoms with Gasteiger partial charge in [-0.05, 0) is 37.8 Å². The van der Waals surface area contributed by atoms with Crippen molar-refractivity contribution >= 4 is 29.7 Å². The summed E-state index contributed by atoms with van der Waals surface area (Å²) in [5, 5.41) is 4.84. The standard InChI is InChI=1S/C30H39ClN5O2P/c1-38-28-20-25(35-14-10-24(11-15-35)36-16-12-32-13-17-36)9-8-22(28)19-30-33-21-26(31)27(34-30)18-23-6-4-5-7-29(23)39(2,3)37/h4-9,20-21,24,32H,10-19H2,1-3H3. The van der Waals surface area contributed by atoms with Gasteiger partial charge in [0.1, 0.15) is 18.7 Å². The van der Waals surface area contributed by atoms with E-state index in [1.165, 1.54) is 18.5 Å². The molecule has 3 heterocycles. The Morgan fingerprint density at radius 1 is 1.03 bits per heavy atom. The number of rotatable bonds is 8. The highest BCUT2D eigenvalue weighted by molar-refractivity contribution is 7.70. The van der Waals surface area contributed by atoms with E-state index in [1.54, 1.807) is 26.6 Å². The number of hydrogen-bond acceptors (Lipinski definition) is 7. The van der Waals surface area contributed by atoms with Crippen molar-refractivity contribution in [1.82, 2.24) is 20.2 Å². The van der Waals surface area contributed by atoms with Crippen molar-refractivity contribution in [2.75, 3.05) is 64.6 Å². The summed E-state index contributed by atoms with van der Waals surface area (Å²) in [6, 6.07) is 15.0. The third-order valence-corrected chi connectivity index (χ3v) is 9.83. The minimum Gasteiger partial charge on any atom is -0.496 e. The highest BCUT2D eigenvalue weighted by Gasteiger charge is 2.26. The third kappa shape index (κ3) is 6.83. The first-order valence-corrected chi connectivity index (χ1v) is 16.8. The number of ether oxygens (including phenoxy) is 1. The first-order valence-electron chi connectivity index (χ1n) is 13.8. The molecule has 208 valence electrons. The molecule has 2 aliphatic rings. The Morgan fingerprint density at radius 3 is 2.49 bits per heavy atom. The molecular weight excluding hydrogens is 529 g/mol. The zero-order valence-corrected chi connectivity index (χ0v) is 24.8. The van der Waals surface area contributed by atoms with Crippen LogP contribution in [0.15, 0.2) is 48.7 Å². The van der Waals surface area contributed by atoms with E-state index in [1.807, 2.05) is 24.3 Å². The Hall–Kier alpha value is -2.44. The Balaban J connectivity index is 1.29. The second kappa shape index (κ2) is 12.4. The summed E-state index contributed by atoms with van der Waals surface area (Å²) in [6.45, 7) is 10.2. The number of halogens is 1. The van der Waals surface area contributed by atoms with Crippen LogP contribution in [0.25, 0.3) is 0 Å². The summed E-state index contributed by atoms with van der Waals surface area (Å²) in [6.07, 6.45) is 5.11. The van der Waals surface area contributed by atoms with Gasteiger partial charge in [-0.25, -0.2) is 9.97 Å². The predicted octanol–water partition coefficient (Wildman–Crippen LogP) is 4.44. The Labute approximate surface area is 237 Å². The number of aromatic nitrogens is 2. The molecule has 1 aromatic heterocycles. The number of anilines is 1. The number of hydrogen-bond donors (Lipinski definition) is 1. The van der Waals surface area contributed by atoms with Crippen LogP contribution < -0.4 is 20.3 Å². The zero-order chi connectivity index (χ0) is 27.4. The smallest absolute Gasteiger partial charge is 0.133 e. The molecule has 2 fully saturated rings. The van der Waals surface area contributed by atoms with E-state index < -0.39 is 7.14 Å². The van der Waals surface area contributed by atoms with Gasteiger partial charge in [-0.1, -0.05) is 41.9 Å². The van der Waals surface area contributed by atoms with Crippen LogP contribution in [-0.4, -0.2) is 80.6 Å². The quantitative estimate of drug-likeness (QED) is 0.404. The van der Waals surface area contributed by atoms with Crippen molar-refractivity contribution < 1.29 is 9.30 Å². The highest BCUT2D eigenvalue weighted by atomic mass is 35.5. The first-order chi connectivity index (χ1) is 18.8.